The summed E-state index contributed by atoms with van der Waals surface area (Å²) in [5, 5.41) is 3.63. The van der Waals surface area contributed by atoms with E-state index < -0.39 is 0 Å². The Morgan fingerprint density at radius 2 is 1.64 bits per heavy atom. The molecule has 0 atom stereocenters. The van der Waals surface area contributed by atoms with Crippen LogP contribution in [0.15, 0.2) is 54.6 Å². The van der Waals surface area contributed by atoms with Crippen LogP contribution in [-0.2, 0) is 13.0 Å². The van der Waals surface area contributed by atoms with Crippen molar-refractivity contribution in [2.24, 2.45) is 0 Å². The molecule has 0 aliphatic heterocycles. The standard InChI is InChI=1S/C28H30ClN3O/c1-18-16-19(2)21(4)24(20(18)3)17-32-26-9-6-5-8-25(26)31-27(32)10-7-15-30-28(33)22-11-13-23(29)14-12-22/h5-6,8-9,11-14,16H,7,10,15,17H2,1-4H3,(H,30,33). The number of imidazole rings is 1. The second kappa shape index (κ2) is 9.80. The minimum Gasteiger partial charge on any atom is -0.352 e. The fourth-order valence-corrected chi connectivity index (χ4v) is 4.46. The zero-order chi connectivity index (χ0) is 23.5. The number of nitrogens with one attached hydrogen (secondary N) is 1. The van der Waals surface area contributed by atoms with E-state index in [0.717, 1.165) is 36.2 Å². The summed E-state index contributed by atoms with van der Waals surface area (Å²) in [5.41, 5.74) is 9.48. The van der Waals surface area contributed by atoms with E-state index in [2.05, 4.69) is 61.8 Å². The SMILES string of the molecule is Cc1cc(C)c(C)c(Cn2c(CCCNC(=O)c3ccc(Cl)cc3)nc3ccccc32)c1C. The second-order valence-corrected chi connectivity index (χ2v) is 9.14. The second-order valence-electron chi connectivity index (χ2n) is 8.71. The summed E-state index contributed by atoms with van der Waals surface area (Å²) in [7, 11) is 0. The van der Waals surface area contributed by atoms with Crippen LogP contribution in [0.4, 0.5) is 0 Å². The number of fused-ring (bicyclic) bond motifs is 1. The molecule has 0 radical (unpaired) electrons. The number of carbonyl (C=O) groups is 1. The molecule has 4 aromatic rings. The summed E-state index contributed by atoms with van der Waals surface area (Å²) in [6.07, 6.45) is 1.60. The highest BCUT2D eigenvalue weighted by Crippen LogP contribution is 2.26. The number of benzene rings is 3. The van der Waals surface area contributed by atoms with E-state index in [1.165, 1.54) is 27.8 Å². The Bertz CT molecular complexity index is 1280. The van der Waals surface area contributed by atoms with E-state index in [0.29, 0.717) is 17.1 Å². The highest BCUT2D eigenvalue weighted by Gasteiger charge is 2.15. The van der Waals surface area contributed by atoms with Crippen LogP contribution in [0.3, 0.4) is 0 Å². The molecular weight excluding hydrogens is 430 g/mol. The number of nitrogens with zero attached hydrogens (tertiary/aromatic N) is 2. The third-order valence-electron chi connectivity index (χ3n) is 6.54. The van der Waals surface area contributed by atoms with Crippen molar-refractivity contribution in [2.75, 3.05) is 6.54 Å². The molecule has 1 aromatic heterocycles. The molecule has 0 spiro atoms. The Morgan fingerprint density at radius 1 is 0.970 bits per heavy atom. The van der Waals surface area contributed by atoms with Crippen LogP contribution in [0.1, 0.15) is 50.4 Å². The predicted molar refractivity (Wildman–Crippen MR) is 136 cm³/mol. The van der Waals surface area contributed by atoms with Crippen LogP contribution in [-0.4, -0.2) is 22.0 Å². The normalized spacial score (nSPS) is 11.2. The van der Waals surface area contributed by atoms with Crippen LogP contribution in [0.2, 0.25) is 5.02 Å². The van der Waals surface area contributed by atoms with Gasteiger partial charge in [-0.2, -0.15) is 0 Å². The van der Waals surface area contributed by atoms with Crippen molar-refractivity contribution < 1.29 is 4.79 Å². The van der Waals surface area contributed by atoms with Gasteiger partial charge >= 0.3 is 0 Å². The number of hydrogen-bond donors (Lipinski definition) is 1. The number of hydrogen-bond acceptors (Lipinski definition) is 2. The zero-order valence-electron chi connectivity index (χ0n) is 19.7. The highest BCUT2D eigenvalue weighted by molar-refractivity contribution is 6.30. The van der Waals surface area contributed by atoms with Gasteiger partial charge in [-0.05, 0) is 98.3 Å². The van der Waals surface area contributed by atoms with Gasteiger partial charge < -0.3 is 9.88 Å². The third kappa shape index (κ3) is 4.96. The Balaban J connectivity index is 1.52. The maximum Gasteiger partial charge on any atom is 0.251 e. The lowest BCUT2D eigenvalue weighted by molar-refractivity contribution is 0.0953. The van der Waals surface area contributed by atoms with Crippen LogP contribution in [0, 0.1) is 27.7 Å². The maximum atomic E-state index is 12.4. The van der Waals surface area contributed by atoms with Crippen molar-refractivity contribution in [3.05, 3.63) is 98.8 Å². The van der Waals surface area contributed by atoms with E-state index in [-0.39, 0.29) is 5.91 Å². The summed E-state index contributed by atoms with van der Waals surface area (Å²) in [6.45, 7) is 10.2. The van der Waals surface area contributed by atoms with Crippen molar-refractivity contribution in [1.82, 2.24) is 14.9 Å². The third-order valence-corrected chi connectivity index (χ3v) is 6.79. The summed E-state index contributed by atoms with van der Waals surface area (Å²) < 4.78 is 2.34. The fraction of sp³-hybridized carbons (Fsp3) is 0.286. The summed E-state index contributed by atoms with van der Waals surface area (Å²) in [4.78, 5) is 17.3. The van der Waals surface area contributed by atoms with Crippen LogP contribution in [0.25, 0.3) is 11.0 Å². The van der Waals surface area contributed by atoms with Gasteiger partial charge in [0, 0.05) is 30.1 Å². The molecule has 0 bridgehead atoms. The minimum atomic E-state index is -0.0818. The Labute approximate surface area is 200 Å². The fourth-order valence-electron chi connectivity index (χ4n) is 4.34. The number of para-hydroxylation sites is 2. The van der Waals surface area contributed by atoms with Crippen LogP contribution >= 0.6 is 11.6 Å². The predicted octanol–water partition coefficient (Wildman–Crippen LogP) is 6.33. The van der Waals surface area contributed by atoms with Crippen molar-refractivity contribution in [2.45, 2.75) is 47.1 Å². The van der Waals surface area contributed by atoms with Gasteiger partial charge in [0.15, 0.2) is 0 Å². The van der Waals surface area contributed by atoms with Gasteiger partial charge in [-0.25, -0.2) is 4.98 Å². The van der Waals surface area contributed by atoms with Crippen LogP contribution in [0.5, 0.6) is 0 Å². The molecular formula is C28H30ClN3O. The molecule has 4 nitrogen and oxygen atoms in total. The first-order valence-corrected chi connectivity index (χ1v) is 11.8. The first-order valence-electron chi connectivity index (χ1n) is 11.4. The van der Waals surface area contributed by atoms with Gasteiger partial charge in [0.25, 0.3) is 5.91 Å². The van der Waals surface area contributed by atoms with Gasteiger partial charge in [0.05, 0.1) is 11.0 Å². The van der Waals surface area contributed by atoms with Gasteiger partial charge in [0.2, 0.25) is 0 Å². The average Bonchev–Trinajstić information content (AvgIpc) is 3.15. The Morgan fingerprint density at radius 3 is 2.33 bits per heavy atom. The molecule has 33 heavy (non-hydrogen) atoms. The first-order chi connectivity index (χ1) is 15.8. The summed E-state index contributed by atoms with van der Waals surface area (Å²) in [6, 6.07) is 17.5. The zero-order valence-corrected chi connectivity index (χ0v) is 20.5. The van der Waals surface area contributed by atoms with E-state index in [1.54, 1.807) is 24.3 Å². The quantitative estimate of drug-likeness (QED) is 0.328. The van der Waals surface area contributed by atoms with Crippen molar-refractivity contribution in [3.63, 3.8) is 0 Å². The molecule has 1 heterocycles. The molecule has 0 saturated carbocycles. The maximum absolute atomic E-state index is 12.4. The molecule has 0 aliphatic rings. The van der Waals surface area contributed by atoms with E-state index in [1.807, 2.05) is 6.07 Å². The molecule has 0 unspecified atom stereocenters. The number of carbonyl (C=O) groups excluding carboxylic acids is 1. The molecule has 1 amide bonds. The van der Waals surface area contributed by atoms with Gasteiger partial charge in [-0.3, -0.25) is 4.79 Å². The number of aryl methyl sites for hydroxylation is 3. The van der Waals surface area contributed by atoms with Gasteiger partial charge in [0.1, 0.15) is 5.82 Å². The molecule has 5 heteroatoms. The monoisotopic (exact) mass is 459 g/mol. The molecule has 0 aliphatic carbocycles. The largest absolute Gasteiger partial charge is 0.352 e. The average molecular weight is 460 g/mol. The summed E-state index contributed by atoms with van der Waals surface area (Å²) in [5.74, 6) is 0.969. The number of aromatic nitrogens is 2. The summed E-state index contributed by atoms with van der Waals surface area (Å²) >= 11 is 5.91. The molecule has 3 aromatic carbocycles. The Kier molecular flexibility index (Phi) is 6.85. The topological polar surface area (TPSA) is 46.9 Å². The van der Waals surface area contributed by atoms with Crippen molar-refractivity contribution in [3.8, 4) is 0 Å². The van der Waals surface area contributed by atoms with E-state index >= 15 is 0 Å². The lowest BCUT2D eigenvalue weighted by Gasteiger charge is -2.18. The van der Waals surface area contributed by atoms with E-state index in [9.17, 15) is 4.79 Å². The first kappa shape index (κ1) is 23.1. The molecule has 0 saturated heterocycles. The lowest BCUT2D eigenvalue weighted by Crippen LogP contribution is -2.25. The number of amides is 1. The van der Waals surface area contributed by atoms with Crippen molar-refractivity contribution >= 4 is 28.5 Å². The molecule has 0 fully saturated rings. The molecule has 4 rings (SSSR count). The molecule has 1 N–H and O–H groups in total. The van der Waals surface area contributed by atoms with Crippen molar-refractivity contribution in [1.29, 1.82) is 0 Å². The van der Waals surface area contributed by atoms with Crippen LogP contribution < -0.4 is 5.32 Å². The molecule has 170 valence electrons. The number of rotatable bonds is 7. The lowest BCUT2D eigenvalue weighted by atomic mass is 9.94. The Hall–Kier alpha value is -3.11. The smallest absolute Gasteiger partial charge is 0.251 e. The minimum absolute atomic E-state index is 0.0818. The van der Waals surface area contributed by atoms with Gasteiger partial charge in [-0.15, -0.1) is 0 Å². The highest BCUT2D eigenvalue weighted by atomic mass is 35.5. The van der Waals surface area contributed by atoms with E-state index in [4.69, 9.17) is 16.6 Å². The number of halogens is 1. The van der Waals surface area contributed by atoms with Gasteiger partial charge in [-0.1, -0.05) is 29.8 Å².